The maximum absolute atomic E-state index is 12.4. The average molecular weight is 507 g/mol. The van der Waals surface area contributed by atoms with Gasteiger partial charge in [-0.1, -0.05) is 54.6 Å². The number of aryl methyl sites for hydroxylation is 1. The predicted molar refractivity (Wildman–Crippen MR) is 147 cm³/mol. The van der Waals surface area contributed by atoms with Crippen molar-refractivity contribution in [3.63, 3.8) is 0 Å². The highest BCUT2D eigenvalue weighted by molar-refractivity contribution is 6.03. The molecule has 8 heteroatoms. The van der Waals surface area contributed by atoms with Crippen molar-refractivity contribution in [1.29, 1.82) is 0 Å². The lowest BCUT2D eigenvalue weighted by Gasteiger charge is -2.13. The number of carbonyl (C=O) groups excluding carboxylic acids is 3. The topological polar surface area (TPSA) is 109 Å². The number of ether oxygens (including phenoxy) is 1. The third kappa shape index (κ3) is 5.82. The van der Waals surface area contributed by atoms with E-state index in [1.165, 1.54) is 0 Å². The number of hydrogen-bond acceptors (Lipinski definition) is 4. The minimum Gasteiger partial charge on any atom is -0.444 e. The molecular weight excluding hydrogens is 480 g/mol. The van der Waals surface area contributed by atoms with Crippen molar-refractivity contribution in [2.75, 3.05) is 16.0 Å². The van der Waals surface area contributed by atoms with Gasteiger partial charge in [0, 0.05) is 29.2 Å². The molecule has 8 nitrogen and oxygen atoms in total. The molecule has 1 aliphatic rings. The van der Waals surface area contributed by atoms with E-state index in [1.807, 2.05) is 79.7 Å². The van der Waals surface area contributed by atoms with Gasteiger partial charge in [0.25, 0.3) is 5.91 Å². The molecule has 5 rings (SSSR count). The first-order chi connectivity index (χ1) is 18.4. The molecule has 0 radical (unpaired) electrons. The van der Waals surface area contributed by atoms with Crippen LogP contribution in [0.5, 0.6) is 0 Å². The molecule has 0 unspecified atom stereocenters. The van der Waals surface area contributed by atoms with Gasteiger partial charge in [0.05, 0.1) is 0 Å². The average Bonchev–Trinajstić information content (AvgIpc) is 3.28. The Hall–Kier alpha value is -5.11. The lowest BCUT2D eigenvalue weighted by Crippen LogP contribution is -2.19. The highest BCUT2D eigenvalue weighted by Gasteiger charge is 2.24. The van der Waals surface area contributed by atoms with Crippen LogP contribution in [0.1, 0.15) is 27.0 Å². The summed E-state index contributed by atoms with van der Waals surface area (Å²) < 4.78 is 5.33. The normalized spacial score (nSPS) is 11.8. The summed E-state index contributed by atoms with van der Waals surface area (Å²) >= 11 is 0. The third-order valence-corrected chi connectivity index (χ3v) is 6.11. The molecule has 0 aromatic heterocycles. The Morgan fingerprint density at radius 2 is 1.53 bits per heavy atom. The Labute approximate surface area is 220 Å². The summed E-state index contributed by atoms with van der Waals surface area (Å²) in [5.41, 5.74) is 6.68. The van der Waals surface area contributed by atoms with Crippen LogP contribution in [0.2, 0.25) is 0 Å². The van der Waals surface area contributed by atoms with E-state index in [-0.39, 0.29) is 18.5 Å². The summed E-state index contributed by atoms with van der Waals surface area (Å²) in [5, 5.41) is 11.2. The Bertz CT molecular complexity index is 1500. The maximum Gasteiger partial charge on any atom is 0.411 e. The van der Waals surface area contributed by atoms with Gasteiger partial charge in [0.2, 0.25) is 0 Å². The summed E-state index contributed by atoms with van der Waals surface area (Å²) in [6, 6.07) is 27.3. The zero-order valence-electron chi connectivity index (χ0n) is 20.7. The van der Waals surface area contributed by atoms with E-state index >= 15 is 0 Å². The minimum atomic E-state index is -0.614. The molecule has 4 amide bonds. The molecule has 0 spiro atoms. The number of carbonyl (C=O) groups is 3. The van der Waals surface area contributed by atoms with Crippen LogP contribution in [0.3, 0.4) is 0 Å². The van der Waals surface area contributed by atoms with E-state index in [9.17, 15) is 14.4 Å². The largest absolute Gasteiger partial charge is 0.444 e. The van der Waals surface area contributed by atoms with Gasteiger partial charge >= 0.3 is 12.1 Å². The van der Waals surface area contributed by atoms with E-state index in [1.54, 1.807) is 18.2 Å². The lowest BCUT2D eigenvalue weighted by molar-refractivity contribution is 0.0965. The van der Waals surface area contributed by atoms with Crippen LogP contribution in [0.4, 0.5) is 26.7 Å². The van der Waals surface area contributed by atoms with Crippen LogP contribution in [-0.4, -0.2) is 18.0 Å². The van der Waals surface area contributed by atoms with Gasteiger partial charge < -0.3 is 20.7 Å². The smallest absolute Gasteiger partial charge is 0.411 e. The van der Waals surface area contributed by atoms with Gasteiger partial charge in [-0.15, -0.1) is 0 Å². The second kappa shape index (κ2) is 10.9. The van der Waals surface area contributed by atoms with Crippen molar-refractivity contribution in [3.05, 3.63) is 113 Å². The standard InChI is InChI=1S/C30H26N4O4/c1-19-6-5-9-23(14-19)33-29(36)32-22-12-10-21(11-13-22)25-15-24(16-26-27(25)17-31-28(26)35)34-30(37)38-18-20-7-3-2-4-8-20/h2-16H,17-18H2,1H3,(H,31,35)(H,34,37)(H2,32,33,36). The highest BCUT2D eigenvalue weighted by Crippen LogP contribution is 2.33. The van der Waals surface area contributed by atoms with Crippen LogP contribution in [0.25, 0.3) is 11.1 Å². The SMILES string of the molecule is Cc1cccc(NC(=O)Nc2ccc(-c3cc(NC(=O)OCc4ccccc4)cc4c3CNC4=O)cc2)c1. The Morgan fingerprint density at radius 1 is 0.789 bits per heavy atom. The quantitative estimate of drug-likeness (QED) is 0.246. The van der Waals surface area contributed by atoms with Crippen molar-refractivity contribution >= 4 is 35.1 Å². The molecule has 0 saturated heterocycles. The summed E-state index contributed by atoms with van der Waals surface area (Å²) in [5.74, 6) is -0.200. The summed E-state index contributed by atoms with van der Waals surface area (Å²) in [6.07, 6.45) is -0.614. The third-order valence-electron chi connectivity index (χ3n) is 6.11. The van der Waals surface area contributed by atoms with E-state index < -0.39 is 6.09 Å². The zero-order valence-corrected chi connectivity index (χ0v) is 20.7. The first-order valence-corrected chi connectivity index (χ1v) is 12.1. The van der Waals surface area contributed by atoms with E-state index in [2.05, 4.69) is 21.3 Å². The first-order valence-electron chi connectivity index (χ1n) is 12.1. The number of hydrogen-bond donors (Lipinski definition) is 4. The Morgan fingerprint density at radius 3 is 2.29 bits per heavy atom. The van der Waals surface area contributed by atoms with Gasteiger partial charge in [0.15, 0.2) is 0 Å². The highest BCUT2D eigenvalue weighted by atomic mass is 16.5. The lowest BCUT2D eigenvalue weighted by atomic mass is 9.95. The van der Waals surface area contributed by atoms with Gasteiger partial charge in [-0.2, -0.15) is 0 Å². The van der Waals surface area contributed by atoms with E-state index in [0.29, 0.717) is 29.2 Å². The van der Waals surface area contributed by atoms with Crippen LogP contribution in [0, 0.1) is 6.92 Å². The number of benzene rings is 4. The minimum absolute atomic E-state index is 0.136. The number of fused-ring (bicyclic) bond motifs is 1. The molecule has 1 heterocycles. The maximum atomic E-state index is 12.4. The monoisotopic (exact) mass is 506 g/mol. The Kier molecular flexibility index (Phi) is 7.04. The fraction of sp³-hybridized carbons (Fsp3) is 0.100. The molecule has 4 N–H and O–H groups in total. The molecule has 1 aliphatic heterocycles. The number of anilines is 3. The number of nitrogens with one attached hydrogen (secondary N) is 4. The fourth-order valence-electron chi connectivity index (χ4n) is 4.29. The molecule has 0 atom stereocenters. The molecule has 4 aromatic carbocycles. The van der Waals surface area contributed by atoms with Crippen LogP contribution in [-0.2, 0) is 17.9 Å². The molecule has 190 valence electrons. The van der Waals surface area contributed by atoms with E-state index in [4.69, 9.17) is 4.74 Å². The van der Waals surface area contributed by atoms with Gasteiger partial charge in [0.1, 0.15) is 6.61 Å². The molecular formula is C30H26N4O4. The van der Waals surface area contributed by atoms with Crippen molar-refractivity contribution in [2.45, 2.75) is 20.1 Å². The summed E-state index contributed by atoms with van der Waals surface area (Å²) in [7, 11) is 0. The van der Waals surface area contributed by atoms with Crippen LogP contribution < -0.4 is 21.3 Å². The number of urea groups is 1. The zero-order chi connectivity index (χ0) is 26.5. The van der Waals surface area contributed by atoms with Crippen molar-refractivity contribution < 1.29 is 19.1 Å². The van der Waals surface area contributed by atoms with Crippen molar-refractivity contribution in [3.8, 4) is 11.1 Å². The molecule has 0 bridgehead atoms. The summed E-state index contributed by atoms with van der Waals surface area (Å²) in [6.45, 7) is 2.48. The van der Waals surface area contributed by atoms with Crippen molar-refractivity contribution in [1.82, 2.24) is 5.32 Å². The summed E-state index contributed by atoms with van der Waals surface area (Å²) in [4.78, 5) is 37.3. The van der Waals surface area contributed by atoms with Crippen LogP contribution >= 0.6 is 0 Å². The predicted octanol–water partition coefficient (Wildman–Crippen LogP) is 6.30. The molecule has 38 heavy (non-hydrogen) atoms. The fourth-order valence-corrected chi connectivity index (χ4v) is 4.29. The molecule has 0 aliphatic carbocycles. The van der Waals surface area contributed by atoms with Gasteiger partial charge in [-0.3, -0.25) is 10.1 Å². The van der Waals surface area contributed by atoms with Crippen molar-refractivity contribution in [2.24, 2.45) is 0 Å². The molecule has 0 fully saturated rings. The van der Waals surface area contributed by atoms with Gasteiger partial charge in [-0.25, -0.2) is 9.59 Å². The Balaban J connectivity index is 1.30. The van der Waals surface area contributed by atoms with E-state index in [0.717, 1.165) is 27.8 Å². The second-order valence-corrected chi connectivity index (χ2v) is 8.95. The van der Waals surface area contributed by atoms with Gasteiger partial charge in [-0.05, 0) is 71.1 Å². The number of rotatable bonds is 6. The molecule has 4 aromatic rings. The van der Waals surface area contributed by atoms with Crippen LogP contribution in [0.15, 0.2) is 91.0 Å². The number of amides is 4. The first kappa shape index (κ1) is 24.6. The molecule has 0 saturated carbocycles. The second-order valence-electron chi connectivity index (χ2n) is 8.95.